The standard InChI is InChI=1S/C16H28N2O14S/c1-5(21)17-9-11(23)13(7(3-19)29-15(9)25)31-16-10(18-6(2)22)12(24)14(8(4-20)30-16)32-33(26,27)28/h7-16,19-20,23-25H,3-4H2,1-2H3,(H,17,21)(H,18,22)(H,26,27,28)/t7-,8-,9-,10-,11-,12-,13-,14+,15?,16+/m1/s1. The van der Waals surface area contributed by atoms with Crippen LogP contribution in [0, 0.1) is 0 Å². The number of amides is 2. The van der Waals surface area contributed by atoms with Crippen molar-refractivity contribution in [3.8, 4) is 0 Å². The summed E-state index contributed by atoms with van der Waals surface area (Å²) in [6, 6.07) is -2.96. The lowest BCUT2D eigenvalue weighted by Crippen LogP contribution is -2.69. The second-order valence-electron chi connectivity index (χ2n) is 7.50. The summed E-state index contributed by atoms with van der Waals surface area (Å²) in [6.45, 7) is 0.467. The van der Waals surface area contributed by atoms with Crippen molar-refractivity contribution in [2.75, 3.05) is 13.2 Å². The van der Waals surface area contributed by atoms with Crippen LogP contribution in [-0.2, 0) is 38.4 Å². The van der Waals surface area contributed by atoms with Gasteiger partial charge in [0.15, 0.2) is 12.6 Å². The Morgan fingerprint density at radius 1 is 0.879 bits per heavy atom. The van der Waals surface area contributed by atoms with Gasteiger partial charge in [-0.25, -0.2) is 4.18 Å². The zero-order valence-electron chi connectivity index (χ0n) is 17.5. The van der Waals surface area contributed by atoms with Crippen molar-refractivity contribution in [3.05, 3.63) is 0 Å². The summed E-state index contributed by atoms with van der Waals surface area (Å²) in [7, 11) is -5.11. The topological polar surface area (TPSA) is 251 Å². The molecule has 0 aliphatic carbocycles. The van der Waals surface area contributed by atoms with Crippen LogP contribution in [-0.4, -0.2) is 125 Å². The Morgan fingerprint density at radius 3 is 1.85 bits per heavy atom. The first-order chi connectivity index (χ1) is 15.3. The summed E-state index contributed by atoms with van der Waals surface area (Å²) < 4.78 is 51.9. The molecule has 2 saturated heterocycles. The predicted octanol–water partition coefficient (Wildman–Crippen LogP) is -5.28. The van der Waals surface area contributed by atoms with Crippen LogP contribution in [0.5, 0.6) is 0 Å². The van der Waals surface area contributed by atoms with Crippen molar-refractivity contribution < 1.29 is 66.5 Å². The van der Waals surface area contributed by atoms with Gasteiger partial charge < -0.3 is 50.4 Å². The highest BCUT2D eigenvalue weighted by Crippen LogP contribution is 2.30. The second kappa shape index (κ2) is 11.3. The third-order valence-corrected chi connectivity index (χ3v) is 5.45. The Kier molecular flexibility index (Phi) is 9.48. The molecule has 8 N–H and O–H groups in total. The monoisotopic (exact) mass is 504 g/mol. The van der Waals surface area contributed by atoms with Gasteiger partial charge in [0.1, 0.15) is 48.7 Å². The average molecular weight is 504 g/mol. The molecule has 33 heavy (non-hydrogen) atoms. The zero-order valence-corrected chi connectivity index (χ0v) is 18.4. The molecule has 0 aromatic rings. The van der Waals surface area contributed by atoms with Gasteiger partial charge in [-0.1, -0.05) is 0 Å². The van der Waals surface area contributed by atoms with E-state index in [2.05, 4.69) is 14.8 Å². The van der Waals surface area contributed by atoms with Gasteiger partial charge in [0.25, 0.3) is 0 Å². The van der Waals surface area contributed by atoms with E-state index in [0.717, 1.165) is 13.8 Å². The molecule has 2 rings (SSSR count). The number of rotatable bonds is 8. The van der Waals surface area contributed by atoms with E-state index < -0.39 is 96.7 Å². The number of hydrogen-bond donors (Lipinski definition) is 8. The molecule has 2 aliphatic rings. The number of nitrogens with one attached hydrogen (secondary N) is 2. The van der Waals surface area contributed by atoms with Crippen molar-refractivity contribution in [2.45, 2.75) is 75.1 Å². The SMILES string of the molecule is CC(=O)N[C@H]1[C@H](O[C@H]2[C@H](O)[C@@H](NC(C)=O)C(O)O[C@@H]2CO)O[C@H](CO)[C@H](OS(=O)(=O)O)[C@@H]1O. The Morgan fingerprint density at radius 2 is 1.36 bits per heavy atom. The summed E-state index contributed by atoms with van der Waals surface area (Å²) in [6.07, 6.45) is -13.3. The molecule has 192 valence electrons. The lowest BCUT2D eigenvalue weighted by atomic mass is 9.94. The van der Waals surface area contributed by atoms with Gasteiger partial charge in [-0.3, -0.25) is 14.1 Å². The van der Waals surface area contributed by atoms with Crippen LogP contribution in [0.3, 0.4) is 0 Å². The highest BCUT2D eigenvalue weighted by Gasteiger charge is 2.52. The number of aliphatic hydroxyl groups is 5. The van der Waals surface area contributed by atoms with Gasteiger partial charge in [0.2, 0.25) is 11.8 Å². The zero-order chi connectivity index (χ0) is 25.1. The molecule has 16 nitrogen and oxygen atoms in total. The normalized spacial score (nSPS) is 39.6. The molecule has 0 saturated carbocycles. The van der Waals surface area contributed by atoms with E-state index in [1.165, 1.54) is 0 Å². The summed E-state index contributed by atoms with van der Waals surface area (Å²) >= 11 is 0. The van der Waals surface area contributed by atoms with Crippen LogP contribution in [0.15, 0.2) is 0 Å². The van der Waals surface area contributed by atoms with Crippen LogP contribution in [0.25, 0.3) is 0 Å². The summed E-state index contributed by atoms with van der Waals surface area (Å²) in [5.74, 6) is -1.36. The van der Waals surface area contributed by atoms with Gasteiger partial charge >= 0.3 is 10.4 Å². The van der Waals surface area contributed by atoms with Gasteiger partial charge in [0.05, 0.1) is 13.2 Å². The maximum atomic E-state index is 11.7. The van der Waals surface area contributed by atoms with E-state index in [-0.39, 0.29) is 0 Å². The molecule has 0 spiro atoms. The average Bonchev–Trinajstić information content (AvgIpc) is 2.70. The second-order valence-corrected chi connectivity index (χ2v) is 8.54. The molecule has 2 fully saturated rings. The molecule has 1 unspecified atom stereocenters. The Hall–Kier alpha value is -1.51. The number of aliphatic hydroxyl groups excluding tert-OH is 5. The highest BCUT2D eigenvalue weighted by molar-refractivity contribution is 7.80. The molecule has 0 aromatic heterocycles. The smallest absolute Gasteiger partial charge is 0.394 e. The minimum Gasteiger partial charge on any atom is -0.394 e. The fourth-order valence-corrected chi connectivity index (χ4v) is 4.14. The fraction of sp³-hybridized carbons (Fsp3) is 0.875. The Labute approximate surface area is 188 Å². The molecular weight excluding hydrogens is 476 g/mol. The van der Waals surface area contributed by atoms with Gasteiger partial charge in [-0.05, 0) is 0 Å². The summed E-state index contributed by atoms with van der Waals surface area (Å²) in [4.78, 5) is 23.1. The minimum atomic E-state index is -5.11. The van der Waals surface area contributed by atoms with Crippen LogP contribution in [0.4, 0.5) is 0 Å². The van der Waals surface area contributed by atoms with Gasteiger partial charge in [0, 0.05) is 13.8 Å². The molecule has 2 heterocycles. The summed E-state index contributed by atoms with van der Waals surface area (Å²) in [5, 5.41) is 55.0. The molecule has 0 radical (unpaired) electrons. The fourth-order valence-electron chi connectivity index (χ4n) is 3.63. The number of hydrogen-bond acceptors (Lipinski definition) is 13. The Balaban J connectivity index is 2.34. The van der Waals surface area contributed by atoms with E-state index >= 15 is 0 Å². The first-order valence-corrected chi connectivity index (χ1v) is 11.1. The lowest BCUT2D eigenvalue weighted by molar-refractivity contribution is -0.326. The third kappa shape index (κ3) is 6.99. The molecular formula is C16H28N2O14S. The van der Waals surface area contributed by atoms with Crippen LogP contribution >= 0.6 is 0 Å². The largest absolute Gasteiger partial charge is 0.397 e. The minimum absolute atomic E-state index is 0.631. The molecule has 2 amide bonds. The Bertz CT molecular complexity index is 796. The molecule has 2 aliphatic heterocycles. The van der Waals surface area contributed by atoms with Crippen molar-refractivity contribution >= 4 is 22.2 Å². The molecule has 17 heteroatoms. The summed E-state index contributed by atoms with van der Waals surface area (Å²) in [5.41, 5.74) is 0. The van der Waals surface area contributed by atoms with Crippen LogP contribution < -0.4 is 10.6 Å². The number of carbonyl (C=O) groups excluding carboxylic acids is 2. The van der Waals surface area contributed by atoms with Crippen molar-refractivity contribution in [1.29, 1.82) is 0 Å². The molecule has 0 bridgehead atoms. The van der Waals surface area contributed by atoms with Crippen LogP contribution in [0.1, 0.15) is 13.8 Å². The molecule has 10 atom stereocenters. The first kappa shape index (κ1) is 27.7. The predicted molar refractivity (Wildman–Crippen MR) is 102 cm³/mol. The van der Waals surface area contributed by atoms with Crippen LogP contribution in [0.2, 0.25) is 0 Å². The van der Waals surface area contributed by atoms with Crippen molar-refractivity contribution in [2.24, 2.45) is 0 Å². The lowest BCUT2D eigenvalue weighted by Gasteiger charge is -2.47. The van der Waals surface area contributed by atoms with E-state index in [4.69, 9.17) is 18.8 Å². The van der Waals surface area contributed by atoms with E-state index in [0.29, 0.717) is 0 Å². The maximum Gasteiger partial charge on any atom is 0.397 e. The van der Waals surface area contributed by atoms with E-state index in [1.807, 2.05) is 0 Å². The van der Waals surface area contributed by atoms with E-state index in [9.17, 15) is 43.5 Å². The maximum absolute atomic E-state index is 11.7. The van der Waals surface area contributed by atoms with E-state index in [1.54, 1.807) is 0 Å². The van der Waals surface area contributed by atoms with Gasteiger partial charge in [-0.15, -0.1) is 0 Å². The van der Waals surface area contributed by atoms with Gasteiger partial charge in [-0.2, -0.15) is 8.42 Å². The number of ether oxygens (including phenoxy) is 3. The molecule has 0 aromatic carbocycles. The quantitative estimate of drug-likeness (QED) is 0.144. The van der Waals surface area contributed by atoms with Crippen molar-refractivity contribution in [3.63, 3.8) is 0 Å². The number of carbonyl (C=O) groups is 2. The van der Waals surface area contributed by atoms with Crippen molar-refractivity contribution in [1.82, 2.24) is 10.6 Å². The third-order valence-electron chi connectivity index (χ3n) is 4.99. The first-order valence-electron chi connectivity index (χ1n) is 9.71. The highest BCUT2D eigenvalue weighted by atomic mass is 32.3.